The van der Waals surface area contributed by atoms with Gasteiger partial charge in [0, 0.05) is 21.6 Å². The molecule has 0 unspecified atom stereocenters. The van der Waals surface area contributed by atoms with Gasteiger partial charge in [-0.25, -0.2) is 8.42 Å². The first kappa shape index (κ1) is 27.1. The number of amides is 2. The molecule has 0 spiro atoms. The van der Waals surface area contributed by atoms with Crippen LogP contribution in [0, 0.1) is 0 Å². The number of nitrogens with zero attached hydrogens (tertiary/aromatic N) is 2. The fraction of sp³-hybridized carbons (Fsp3) is 0.391. The van der Waals surface area contributed by atoms with Crippen molar-refractivity contribution in [2.45, 2.75) is 45.8 Å². The molecule has 10 heteroatoms. The molecule has 0 aromatic heterocycles. The van der Waals surface area contributed by atoms with Crippen LogP contribution in [0.5, 0.6) is 0 Å². The van der Waals surface area contributed by atoms with Crippen LogP contribution in [0.15, 0.2) is 53.0 Å². The van der Waals surface area contributed by atoms with Gasteiger partial charge in [0.2, 0.25) is 21.8 Å². The first-order chi connectivity index (χ1) is 15.2. The van der Waals surface area contributed by atoms with Crippen molar-refractivity contribution in [2.24, 2.45) is 0 Å². The lowest BCUT2D eigenvalue weighted by atomic mass is 10.1. The molecule has 1 atom stereocenters. The lowest BCUT2D eigenvalue weighted by molar-refractivity contribution is -0.140. The number of carbonyl (C=O) groups excluding carboxylic acids is 2. The highest BCUT2D eigenvalue weighted by atomic mass is 79.9. The summed E-state index contributed by atoms with van der Waals surface area (Å²) in [4.78, 5) is 27.7. The van der Waals surface area contributed by atoms with Gasteiger partial charge in [0.15, 0.2) is 0 Å². The molecule has 33 heavy (non-hydrogen) atoms. The van der Waals surface area contributed by atoms with Crippen LogP contribution in [0.2, 0.25) is 5.02 Å². The molecule has 180 valence electrons. The number of anilines is 1. The van der Waals surface area contributed by atoms with E-state index in [1.165, 1.54) is 4.90 Å². The standard InChI is InChI=1S/C23H29BrClN3O4S/c1-16(22(30)26-23(2,3)4)27(14-17-7-6-8-19(25)13-17)21(29)15-28(33(5,31)32)20-11-9-18(24)10-12-20/h6-13,16H,14-15H2,1-5H3,(H,26,30)/t16-/m0/s1. The molecule has 2 aromatic rings. The van der Waals surface area contributed by atoms with E-state index in [2.05, 4.69) is 21.2 Å². The zero-order valence-corrected chi connectivity index (χ0v) is 22.5. The monoisotopic (exact) mass is 557 g/mol. The smallest absolute Gasteiger partial charge is 0.244 e. The molecule has 0 aliphatic heterocycles. The van der Waals surface area contributed by atoms with E-state index in [0.717, 1.165) is 20.6 Å². The summed E-state index contributed by atoms with van der Waals surface area (Å²) >= 11 is 9.42. The van der Waals surface area contributed by atoms with Crippen molar-refractivity contribution >= 4 is 55.1 Å². The van der Waals surface area contributed by atoms with Gasteiger partial charge in [-0.2, -0.15) is 0 Å². The van der Waals surface area contributed by atoms with Crippen molar-refractivity contribution in [2.75, 3.05) is 17.1 Å². The van der Waals surface area contributed by atoms with Gasteiger partial charge in [0.1, 0.15) is 12.6 Å². The van der Waals surface area contributed by atoms with Crippen LogP contribution in [0.4, 0.5) is 5.69 Å². The Labute approximate surface area is 209 Å². The quantitative estimate of drug-likeness (QED) is 0.526. The number of carbonyl (C=O) groups is 2. The highest BCUT2D eigenvalue weighted by Gasteiger charge is 2.31. The molecule has 0 aliphatic carbocycles. The number of benzene rings is 2. The Hall–Kier alpha value is -2.10. The summed E-state index contributed by atoms with van der Waals surface area (Å²) in [5, 5.41) is 3.38. The Morgan fingerprint density at radius 1 is 1.12 bits per heavy atom. The zero-order valence-electron chi connectivity index (χ0n) is 19.3. The third kappa shape index (κ3) is 8.32. The molecule has 2 rings (SSSR count). The van der Waals surface area contributed by atoms with Gasteiger partial charge in [-0.05, 0) is 69.7 Å². The van der Waals surface area contributed by atoms with Gasteiger partial charge in [-0.3, -0.25) is 13.9 Å². The summed E-state index contributed by atoms with van der Waals surface area (Å²) in [6, 6.07) is 12.7. The Balaban J connectivity index is 2.39. The molecular formula is C23H29BrClN3O4S. The second kappa shape index (κ2) is 10.9. The maximum absolute atomic E-state index is 13.4. The third-order valence-electron chi connectivity index (χ3n) is 4.70. The van der Waals surface area contributed by atoms with E-state index in [1.54, 1.807) is 55.5 Å². The number of halogens is 2. The topological polar surface area (TPSA) is 86.8 Å². The largest absolute Gasteiger partial charge is 0.350 e. The number of hydrogen-bond acceptors (Lipinski definition) is 4. The molecule has 0 saturated heterocycles. The van der Waals surface area contributed by atoms with Gasteiger partial charge in [-0.1, -0.05) is 39.7 Å². The van der Waals surface area contributed by atoms with Gasteiger partial charge in [0.25, 0.3) is 0 Å². The SMILES string of the molecule is C[C@@H](C(=O)NC(C)(C)C)N(Cc1cccc(Cl)c1)C(=O)CN(c1ccc(Br)cc1)S(C)(=O)=O. The van der Waals surface area contributed by atoms with Crippen molar-refractivity contribution in [3.05, 3.63) is 63.6 Å². The fourth-order valence-electron chi connectivity index (χ4n) is 3.11. The van der Waals surface area contributed by atoms with Crippen molar-refractivity contribution in [3.63, 3.8) is 0 Å². The Bertz CT molecular complexity index is 1100. The molecule has 2 aromatic carbocycles. The first-order valence-corrected chi connectivity index (χ1v) is 13.3. The van der Waals surface area contributed by atoms with E-state index in [0.29, 0.717) is 10.7 Å². The molecule has 0 aliphatic rings. The summed E-state index contributed by atoms with van der Waals surface area (Å²) in [5.41, 5.74) is 0.580. The maximum atomic E-state index is 13.4. The lowest BCUT2D eigenvalue weighted by Gasteiger charge is -2.33. The minimum absolute atomic E-state index is 0.0933. The van der Waals surface area contributed by atoms with Crippen LogP contribution >= 0.6 is 27.5 Å². The second-order valence-electron chi connectivity index (χ2n) is 8.81. The van der Waals surface area contributed by atoms with E-state index in [9.17, 15) is 18.0 Å². The van der Waals surface area contributed by atoms with Crippen molar-refractivity contribution in [1.29, 1.82) is 0 Å². The lowest BCUT2D eigenvalue weighted by Crippen LogP contribution is -2.54. The zero-order chi connectivity index (χ0) is 25.0. The minimum Gasteiger partial charge on any atom is -0.350 e. The van der Waals surface area contributed by atoms with Crippen LogP contribution in [0.1, 0.15) is 33.3 Å². The van der Waals surface area contributed by atoms with Crippen LogP contribution in [-0.2, 0) is 26.2 Å². The molecule has 1 N–H and O–H groups in total. The minimum atomic E-state index is -3.76. The van der Waals surface area contributed by atoms with E-state index >= 15 is 0 Å². The van der Waals surface area contributed by atoms with E-state index < -0.39 is 34.1 Å². The number of hydrogen-bond donors (Lipinski definition) is 1. The molecule has 7 nitrogen and oxygen atoms in total. The fourth-order valence-corrected chi connectivity index (χ4v) is 4.44. The Morgan fingerprint density at radius 3 is 2.24 bits per heavy atom. The summed E-state index contributed by atoms with van der Waals surface area (Å²) in [6.45, 7) is 6.80. The molecule has 0 radical (unpaired) electrons. The van der Waals surface area contributed by atoms with Gasteiger partial charge >= 0.3 is 0 Å². The summed E-state index contributed by atoms with van der Waals surface area (Å²) < 4.78 is 26.8. The maximum Gasteiger partial charge on any atom is 0.244 e. The summed E-state index contributed by atoms with van der Waals surface area (Å²) in [5.74, 6) is -0.854. The van der Waals surface area contributed by atoms with Crippen LogP contribution in [0.3, 0.4) is 0 Å². The van der Waals surface area contributed by atoms with Crippen LogP contribution in [-0.4, -0.2) is 49.5 Å². The molecule has 0 fully saturated rings. The number of nitrogens with one attached hydrogen (secondary N) is 1. The summed E-state index contributed by atoms with van der Waals surface area (Å²) in [7, 11) is -3.76. The highest BCUT2D eigenvalue weighted by Crippen LogP contribution is 2.22. The first-order valence-electron chi connectivity index (χ1n) is 10.3. The average molecular weight is 559 g/mol. The van der Waals surface area contributed by atoms with Gasteiger partial charge < -0.3 is 10.2 Å². The average Bonchev–Trinajstić information content (AvgIpc) is 2.68. The number of sulfonamides is 1. The predicted molar refractivity (Wildman–Crippen MR) is 136 cm³/mol. The van der Waals surface area contributed by atoms with Crippen LogP contribution in [0.25, 0.3) is 0 Å². The Morgan fingerprint density at radius 2 is 1.73 bits per heavy atom. The molecule has 0 bridgehead atoms. The molecule has 0 saturated carbocycles. The van der Waals surface area contributed by atoms with Crippen molar-refractivity contribution < 1.29 is 18.0 Å². The molecule has 2 amide bonds. The van der Waals surface area contributed by atoms with Crippen molar-refractivity contribution in [1.82, 2.24) is 10.2 Å². The predicted octanol–water partition coefficient (Wildman–Crippen LogP) is 4.20. The second-order valence-corrected chi connectivity index (χ2v) is 12.1. The summed E-state index contributed by atoms with van der Waals surface area (Å²) in [6.07, 6.45) is 1.04. The van der Waals surface area contributed by atoms with E-state index in [1.807, 2.05) is 20.8 Å². The molecule has 0 heterocycles. The van der Waals surface area contributed by atoms with E-state index in [-0.39, 0.29) is 12.5 Å². The van der Waals surface area contributed by atoms with E-state index in [4.69, 9.17) is 11.6 Å². The highest BCUT2D eigenvalue weighted by molar-refractivity contribution is 9.10. The van der Waals surface area contributed by atoms with Gasteiger partial charge in [0.05, 0.1) is 11.9 Å². The normalized spacial score (nSPS) is 12.7. The Kier molecular flexibility index (Phi) is 8.95. The number of rotatable bonds is 8. The van der Waals surface area contributed by atoms with Crippen molar-refractivity contribution in [3.8, 4) is 0 Å². The van der Waals surface area contributed by atoms with Crippen LogP contribution < -0.4 is 9.62 Å². The molecular weight excluding hydrogens is 530 g/mol. The third-order valence-corrected chi connectivity index (χ3v) is 6.61. The van der Waals surface area contributed by atoms with Gasteiger partial charge in [-0.15, -0.1) is 0 Å².